The molecule has 0 fully saturated rings. The standard InChI is InChI=1S/C11H9ClN3O3/c1-6(16)2-11(17)14-8-4-9-10(3-7(8)12)15(18)5-13-9/h3-5H,2H2,1H3,(H,14,17)/q-1. The Labute approximate surface area is 107 Å². The van der Waals surface area contributed by atoms with E-state index in [0.29, 0.717) is 21.5 Å². The van der Waals surface area contributed by atoms with E-state index in [1.807, 2.05) is 0 Å². The van der Waals surface area contributed by atoms with Crippen LogP contribution in [0.3, 0.4) is 0 Å². The average molecular weight is 267 g/mol. The number of ketones is 1. The molecule has 0 unspecified atom stereocenters. The van der Waals surface area contributed by atoms with E-state index in [2.05, 4.69) is 10.3 Å². The fourth-order valence-corrected chi connectivity index (χ4v) is 1.73. The van der Waals surface area contributed by atoms with E-state index in [4.69, 9.17) is 11.6 Å². The van der Waals surface area contributed by atoms with E-state index in [9.17, 15) is 14.8 Å². The highest BCUT2D eigenvalue weighted by Crippen LogP contribution is 2.27. The van der Waals surface area contributed by atoms with Gasteiger partial charge >= 0.3 is 0 Å². The summed E-state index contributed by atoms with van der Waals surface area (Å²) in [6.45, 7) is 1.32. The number of nitrogens with zero attached hydrogens (tertiary/aromatic N) is 2. The summed E-state index contributed by atoms with van der Waals surface area (Å²) >= 11 is 5.93. The molecule has 1 N–H and O–H groups in total. The number of anilines is 1. The van der Waals surface area contributed by atoms with Crippen molar-refractivity contribution < 1.29 is 9.59 Å². The van der Waals surface area contributed by atoms with Crippen molar-refractivity contribution in [3.8, 4) is 0 Å². The monoisotopic (exact) mass is 266 g/mol. The van der Waals surface area contributed by atoms with Crippen LogP contribution >= 0.6 is 11.6 Å². The molecule has 0 aliphatic carbocycles. The predicted octanol–water partition coefficient (Wildman–Crippen LogP) is 1.95. The zero-order valence-corrected chi connectivity index (χ0v) is 10.2. The Bertz CT molecular complexity index is 636. The summed E-state index contributed by atoms with van der Waals surface area (Å²) < 4.78 is 0.586. The van der Waals surface area contributed by atoms with Gasteiger partial charge in [0.15, 0.2) is 0 Å². The van der Waals surface area contributed by atoms with Crippen LogP contribution in [-0.4, -0.2) is 21.4 Å². The molecule has 1 aromatic carbocycles. The Morgan fingerprint density at radius 3 is 2.89 bits per heavy atom. The molecule has 0 aliphatic heterocycles. The number of amides is 1. The lowest BCUT2D eigenvalue weighted by Gasteiger charge is -2.09. The number of carbonyl (C=O) groups excluding carboxylic acids is 2. The van der Waals surface area contributed by atoms with Gasteiger partial charge in [0, 0.05) is 0 Å². The van der Waals surface area contributed by atoms with Gasteiger partial charge in [0.05, 0.1) is 34.5 Å². The van der Waals surface area contributed by atoms with Gasteiger partial charge in [0.25, 0.3) is 0 Å². The van der Waals surface area contributed by atoms with Crippen molar-refractivity contribution in [2.75, 3.05) is 5.32 Å². The number of hydrogen-bond donors (Lipinski definition) is 1. The minimum atomic E-state index is -0.453. The second kappa shape index (κ2) is 4.66. The van der Waals surface area contributed by atoms with Crippen molar-refractivity contribution in [3.63, 3.8) is 0 Å². The van der Waals surface area contributed by atoms with Gasteiger partial charge in [-0.25, -0.2) is 4.98 Å². The molecule has 0 saturated carbocycles. The fraction of sp³-hybridized carbons (Fsp3) is 0.182. The molecule has 0 aliphatic rings. The first-order valence-electron chi connectivity index (χ1n) is 5.11. The highest BCUT2D eigenvalue weighted by Gasteiger charge is 2.10. The fourth-order valence-electron chi connectivity index (χ4n) is 1.52. The second-order valence-corrected chi connectivity index (χ2v) is 4.23. The number of fused-ring (bicyclic) bond motifs is 1. The third-order valence-corrected chi connectivity index (χ3v) is 2.60. The van der Waals surface area contributed by atoms with Crippen LogP contribution in [0.1, 0.15) is 13.3 Å². The van der Waals surface area contributed by atoms with Crippen LogP contribution in [0.25, 0.3) is 11.0 Å². The topological polar surface area (TPSA) is 87.0 Å². The first-order valence-corrected chi connectivity index (χ1v) is 5.48. The van der Waals surface area contributed by atoms with E-state index in [0.717, 1.165) is 6.33 Å². The normalized spacial score (nSPS) is 10.6. The molecule has 18 heavy (non-hydrogen) atoms. The molecular formula is C11H9ClN3O3-. The van der Waals surface area contributed by atoms with Gasteiger partial charge in [-0.05, 0) is 19.1 Å². The first-order chi connectivity index (χ1) is 8.47. The summed E-state index contributed by atoms with van der Waals surface area (Å²) in [5.41, 5.74) is 1.08. The van der Waals surface area contributed by atoms with Crippen LogP contribution in [0.2, 0.25) is 5.02 Å². The number of benzene rings is 1. The number of imidazole rings is 1. The largest absolute Gasteiger partial charge is 0.805 e. The molecule has 1 amide bonds. The number of carbonyl (C=O) groups is 2. The number of nitrogens with one attached hydrogen (secondary N) is 1. The van der Waals surface area contributed by atoms with Crippen LogP contribution in [0.5, 0.6) is 0 Å². The van der Waals surface area contributed by atoms with Crippen LogP contribution in [-0.2, 0) is 9.59 Å². The molecule has 0 spiro atoms. The highest BCUT2D eigenvalue weighted by atomic mass is 35.5. The van der Waals surface area contributed by atoms with E-state index in [-0.39, 0.29) is 17.2 Å². The van der Waals surface area contributed by atoms with Crippen molar-refractivity contribution in [2.24, 2.45) is 0 Å². The lowest BCUT2D eigenvalue weighted by atomic mass is 10.2. The van der Waals surface area contributed by atoms with Gasteiger partial charge in [0.2, 0.25) is 5.91 Å². The summed E-state index contributed by atoms with van der Waals surface area (Å²) in [6, 6.07) is 2.91. The molecule has 94 valence electrons. The van der Waals surface area contributed by atoms with Crippen LogP contribution in [0.15, 0.2) is 18.5 Å². The summed E-state index contributed by atoms with van der Waals surface area (Å²) in [4.78, 5) is 26.1. The third-order valence-electron chi connectivity index (χ3n) is 2.29. The molecule has 0 radical (unpaired) electrons. The van der Waals surface area contributed by atoms with Gasteiger partial charge in [-0.15, -0.1) is 0 Å². The number of rotatable bonds is 3. The van der Waals surface area contributed by atoms with Crippen LogP contribution < -0.4 is 5.32 Å². The smallest absolute Gasteiger partial charge is 0.231 e. The zero-order valence-electron chi connectivity index (χ0n) is 9.44. The van der Waals surface area contributed by atoms with Gasteiger partial charge in [-0.1, -0.05) is 11.6 Å². The number of hydrogen-bond acceptors (Lipinski definition) is 4. The van der Waals surface area contributed by atoms with E-state index >= 15 is 0 Å². The Balaban J connectivity index is 2.31. The average Bonchev–Trinajstić information content (AvgIpc) is 2.60. The molecule has 6 nitrogen and oxygen atoms in total. The maximum atomic E-state index is 11.4. The maximum absolute atomic E-state index is 11.4. The Hall–Kier alpha value is -2.08. The van der Waals surface area contributed by atoms with Crippen molar-refractivity contribution in [1.82, 2.24) is 9.71 Å². The molecule has 7 heteroatoms. The van der Waals surface area contributed by atoms with Gasteiger partial charge < -0.3 is 15.3 Å². The molecule has 1 heterocycles. The Morgan fingerprint density at radius 2 is 2.22 bits per heavy atom. The maximum Gasteiger partial charge on any atom is 0.231 e. The molecule has 0 bridgehead atoms. The van der Waals surface area contributed by atoms with Crippen molar-refractivity contribution in [3.05, 3.63) is 28.7 Å². The first kappa shape index (κ1) is 12.4. The summed E-state index contributed by atoms with van der Waals surface area (Å²) in [6.07, 6.45) is 0.895. The minimum Gasteiger partial charge on any atom is -0.805 e. The molecule has 0 saturated heterocycles. The quantitative estimate of drug-likeness (QED) is 0.860. The van der Waals surface area contributed by atoms with E-state index in [1.54, 1.807) is 0 Å². The van der Waals surface area contributed by atoms with Crippen molar-refractivity contribution >= 4 is 40.0 Å². The van der Waals surface area contributed by atoms with Gasteiger partial charge in [-0.2, -0.15) is 0 Å². The predicted molar refractivity (Wildman–Crippen MR) is 67.4 cm³/mol. The van der Waals surface area contributed by atoms with Crippen LogP contribution in [0.4, 0.5) is 5.69 Å². The van der Waals surface area contributed by atoms with E-state index in [1.165, 1.54) is 19.1 Å². The van der Waals surface area contributed by atoms with Gasteiger partial charge in [0.1, 0.15) is 5.78 Å². The number of aromatic nitrogens is 2. The Morgan fingerprint density at radius 1 is 1.50 bits per heavy atom. The second-order valence-electron chi connectivity index (χ2n) is 3.82. The van der Waals surface area contributed by atoms with E-state index < -0.39 is 5.91 Å². The molecule has 1 aromatic heterocycles. The van der Waals surface area contributed by atoms with Crippen LogP contribution in [0, 0.1) is 5.21 Å². The van der Waals surface area contributed by atoms with Crippen molar-refractivity contribution in [2.45, 2.75) is 13.3 Å². The zero-order chi connectivity index (χ0) is 13.3. The van der Waals surface area contributed by atoms with Crippen molar-refractivity contribution in [1.29, 1.82) is 0 Å². The lowest BCUT2D eigenvalue weighted by Crippen LogP contribution is -2.15. The molecule has 2 aromatic rings. The summed E-state index contributed by atoms with van der Waals surface area (Å²) in [5, 5.41) is 14.0. The number of halogens is 1. The Kier molecular flexibility index (Phi) is 3.20. The minimum absolute atomic E-state index is 0.218. The number of Topliss-reactive ketones (excluding diaryl/α,β-unsaturated/α-hetero) is 1. The van der Waals surface area contributed by atoms with Gasteiger partial charge in [-0.3, -0.25) is 9.59 Å². The SMILES string of the molecule is CC(=O)CC(=O)Nc1cc2ncn([O-])c2cc1Cl. The third kappa shape index (κ3) is 2.43. The molecule has 2 rings (SSSR count). The highest BCUT2D eigenvalue weighted by molar-refractivity contribution is 6.34. The lowest BCUT2D eigenvalue weighted by molar-refractivity contribution is -0.124. The summed E-state index contributed by atoms with van der Waals surface area (Å²) in [7, 11) is 0. The summed E-state index contributed by atoms with van der Waals surface area (Å²) in [5.74, 6) is -0.696. The molecule has 0 atom stereocenters. The molecular weight excluding hydrogens is 258 g/mol.